The lowest BCUT2D eigenvalue weighted by molar-refractivity contribution is -0.124. The second-order valence-corrected chi connectivity index (χ2v) is 6.14. The monoisotopic (exact) mass is 299 g/mol. The fourth-order valence-electron chi connectivity index (χ4n) is 2.75. The number of hydrogen-bond acceptors (Lipinski definition) is 2. The van der Waals surface area contributed by atoms with Crippen LogP contribution in [0.1, 0.15) is 84.5 Å². The summed E-state index contributed by atoms with van der Waals surface area (Å²) in [6.45, 7) is 5.49. The van der Waals surface area contributed by atoms with Gasteiger partial charge >= 0.3 is 0 Å². The van der Waals surface area contributed by atoms with Crippen LogP contribution in [0.15, 0.2) is 0 Å². The van der Waals surface area contributed by atoms with E-state index < -0.39 is 0 Å². The Kier molecular flexibility index (Phi) is 15.4. The van der Waals surface area contributed by atoms with Crippen molar-refractivity contribution >= 4 is 5.91 Å². The minimum Gasteiger partial charge on any atom is -0.375 e. The van der Waals surface area contributed by atoms with Crippen molar-refractivity contribution < 1.29 is 9.53 Å². The van der Waals surface area contributed by atoms with Crippen LogP contribution < -0.4 is 5.32 Å². The van der Waals surface area contributed by atoms with Crippen molar-refractivity contribution in [2.75, 3.05) is 20.3 Å². The van der Waals surface area contributed by atoms with Gasteiger partial charge in [-0.05, 0) is 12.3 Å². The van der Waals surface area contributed by atoms with Gasteiger partial charge in [0.1, 0.15) is 6.61 Å². The number of rotatable bonds is 15. The van der Waals surface area contributed by atoms with E-state index in [1.165, 1.54) is 64.2 Å². The molecule has 0 saturated heterocycles. The van der Waals surface area contributed by atoms with Crippen molar-refractivity contribution in [2.45, 2.75) is 84.5 Å². The van der Waals surface area contributed by atoms with E-state index in [1.807, 2.05) is 0 Å². The number of carbonyl (C=O) groups is 1. The summed E-state index contributed by atoms with van der Waals surface area (Å²) in [6.07, 6.45) is 14.5. The lowest BCUT2D eigenvalue weighted by Crippen LogP contribution is -2.29. The molecule has 0 aliphatic carbocycles. The predicted molar refractivity (Wildman–Crippen MR) is 90.5 cm³/mol. The van der Waals surface area contributed by atoms with Crippen molar-refractivity contribution in [2.24, 2.45) is 5.92 Å². The average molecular weight is 299 g/mol. The lowest BCUT2D eigenvalue weighted by Gasteiger charge is -2.17. The lowest BCUT2D eigenvalue weighted by atomic mass is 9.92. The van der Waals surface area contributed by atoms with Crippen LogP contribution in [0, 0.1) is 5.92 Å². The van der Waals surface area contributed by atoms with E-state index >= 15 is 0 Å². The number of ether oxygens (including phenoxy) is 1. The van der Waals surface area contributed by atoms with Gasteiger partial charge in [-0.25, -0.2) is 0 Å². The van der Waals surface area contributed by atoms with E-state index in [0.29, 0.717) is 0 Å². The second kappa shape index (κ2) is 15.8. The topological polar surface area (TPSA) is 38.3 Å². The Morgan fingerprint density at radius 1 is 0.905 bits per heavy atom. The first kappa shape index (κ1) is 20.4. The third kappa shape index (κ3) is 14.1. The molecule has 21 heavy (non-hydrogen) atoms. The first-order valence-corrected chi connectivity index (χ1v) is 9.00. The molecule has 1 unspecified atom stereocenters. The highest BCUT2D eigenvalue weighted by molar-refractivity contribution is 5.77. The maximum Gasteiger partial charge on any atom is 0.245 e. The summed E-state index contributed by atoms with van der Waals surface area (Å²) < 4.78 is 4.83. The summed E-state index contributed by atoms with van der Waals surface area (Å²) >= 11 is 0. The Labute approximate surface area is 132 Å². The summed E-state index contributed by atoms with van der Waals surface area (Å²) in [6, 6.07) is 0. The van der Waals surface area contributed by atoms with E-state index in [1.54, 1.807) is 7.11 Å². The van der Waals surface area contributed by atoms with Crippen LogP contribution in [0.3, 0.4) is 0 Å². The number of nitrogens with one attached hydrogen (secondary N) is 1. The van der Waals surface area contributed by atoms with Gasteiger partial charge in [0, 0.05) is 13.7 Å². The van der Waals surface area contributed by atoms with Gasteiger partial charge in [0.15, 0.2) is 0 Å². The van der Waals surface area contributed by atoms with Gasteiger partial charge < -0.3 is 10.1 Å². The summed E-state index contributed by atoms with van der Waals surface area (Å²) in [4.78, 5) is 11.4. The van der Waals surface area contributed by atoms with Crippen LogP contribution in [-0.2, 0) is 9.53 Å². The molecular formula is C18H37NO2. The van der Waals surface area contributed by atoms with Gasteiger partial charge in [-0.1, -0.05) is 78.1 Å². The Morgan fingerprint density at radius 3 is 2.10 bits per heavy atom. The molecule has 0 aromatic rings. The Bertz CT molecular complexity index is 231. The molecule has 0 fully saturated rings. The zero-order valence-corrected chi connectivity index (χ0v) is 14.6. The highest BCUT2D eigenvalue weighted by Crippen LogP contribution is 2.21. The van der Waals surface area contributed by atoms with Crippen LogP contribution >= 0.6 is 0 Å². The molecular weight excluding hydrogens is 262 g/mol. The zero-order valence-electron chi connectivity index (χ0n) is 14.6. The molecule has 0 heterocycles. The van der Waals surface area contributed by atoms with Crippen LogP contribution in [0.4, 0.5) is 0 Å². The standard InChI is InChI=1S/C18H37NO2/c1-4-6-8-9-11-13-17(12-10-7-5-2)14-15-19-18(20)16-21-3/h17H,4-16H2,1-3H3,(H,19,20). The molecule has 3 nitrogen and oxygen atoms in total. The molecule has 0 aromatic heterocycles. The maximum atomic E-state index is 11.4. The largest absolute Gasteiger partial charge is 0.375 e. The quantitative estimate of drug-likeness (QED) is 0.445. The van der Waals surface area contributed by atoms with Crippen molar-refractivity contribution in [3.63, 3.8) is 0 Å². The molecule has 3 heteroatoms. The van der Waals surface area contributed by atoms with Crippen molar-refractivity contribution in [1.29, 1.82) is 0 Å². The van der Waals surface area contributed by atoms with Crippen LogP contribution in [0.25, 0.3) is 0 Å². The minimum atomic E-state index is 0.00718. The van der Waals surface area contributed by atoms with Crippen molar-refractivity contribution in [3.8, 4) is 0 Å². The van der Waals surface area contributed by atoms with E-state index in [0.717, 1.165) is 18.9 Å². The average Bonchev–Trinajstić information content (AvgIpc) is 2.47. The molecule has 1 atom stereocenters. The van der Waals surface area contributed by atoms with Gasteiger partial charge in [-0.15, -0.1) is 0 Å². The first-order chi connectivity index (χ1) is 10.2. The van der Waals surface area contributed by atoms with Gasteiger partial charge in [-0.2, -0.15) is 0 Å². The summed E-state index contributed by atoms with van der Waals surface area (Å²) in [5.41, 5.74) is 0. The third-order valence-corrected chi connectivity index (χ3v) is 4.08. The van der Waals surface area contributed by atoms with Crippen LogP contribution in [0.5, 0.6) is 0 Å². The summed E-state index contributed by atoms with van der Waals surface area (Å²) in [7, 11) is 1.56. The summed E-state index contributed by atoms with van der Waals surface area (Å²) in [5, 5.41) is 2.95. The molecule has 126 valence electrons. The maximum absolute atomic E-state index is 11.4. The molecule has 0 aliphatic heterocycles. The van der Waals surface area contributed by atoms with Crippen molar-refractivity contribution in [1.82, 2.24) is 5.32 Å². The Hall–Kier alpha value is -0.570. The van der Waals surface area contributed by atoms with E-state index in [9.17, 15) is 4.79 Å². The highest BCUT2D eigenvalue weighted by atomic mass is 16.5. The Balaban J connectivity index is 3.81. The number of hydrogen-bond donors (Lipinski definition) is 1. The number of unbranched alkanes of at least 4 members (excludes halogenated alkanes) is 6. The van der Waals surface area contributed by atoms with Crippen LogP contribution in [-0.4, -0.2) is 26.2 Å². The highest BCUT2D eigenvalue weighted by Gasteiger charge is 2.09. The molecule has 0 aliphatic rings. The number of methoxy groups -OCH3 is 1. The first-order valence-electron chi connectivity index (χ1n) is 9.00. The van der Waals surface area contributed by atoms with Gasteiger partial charge in [0.2, 0.25) is 5.91 Å². The molecule has 1 N–H and O–H groups in total. The molecule has 1 amide bonds. The molecule has 0 saturated carbocycles. The molecule has 0 radical (unpaired) electrons. The molecule has 0 spiro atoms. The zero-order chi connectivity index (χ0) is 15.8. The molecule has 0 bridgehead atoms. The predicted octanol–water partition coefficient (Wildman–Crippen LogP) is 4.70. The van der Waals surface area contributed by atoms with Crippen LogP contribution in [0.2, 0.25) is 0 Å². The van der Waals surface area contributed by atoms with Gasteiger partial charge in [0.05, 0.1) is 0 Å². The second-order valence-electron chi connectivity index (χ2n) is 6.14. The van der Waals surface area contributed by atoms with Crippen molar-refractivity contribution in [3.05, 3.63) is 0 Å². The fraction of sp³-hybridized carbons (Fsp3) is 0.944. The molecule has 0 aromatic carbocycles. The smallest absolute Gasteiger partial charge is 0.245 e. The van der Waals surface area contributed by atoms with E-state index in [-0.39, 0.29) is 12.5 Å². The SMILES string of the molecule is CCCCCCCC(CCCCC)CCNC(=O)COC. The Morgan fingerprint density at radius 2 is 1.48 bits per heavy atom. The normalized spacial score (nSPS) is 12.3. The number of carbonyl (C=O) groups excluding carboxylic acids is 1. The summed E-state index contributed by atoms with van der Waals surface area (Å²) in [5.74, 6) is 0.786. The third-order valence-electron chi connectivity index (χ3n) is 4.08. The minimum absolute atomic E-state index is 0.00718. The van der Waals surface area contributed by atoms with E-state index in [2.05, 4.69) is 19.2 Å². The molecule has 0 rings (SSSR count). The van der Waals surface area contributed by atoms with Gasteiger partial charge in [-0.3, -0.25) is 4.79 Å². The number of amides is 1. The van der Waals surface area contributed by atoms with Gasteiger partial charge in [0.25, 0.3) is 0 Å². The fourth-order valence-corrected chi connectivity index (χ4v) is 2.75. The van der Waals surface area contributed by atoms with E-state index in [4.69, 9.17) is 4.74 Å².